The molecule has 0 aromatic rings. The van der Waals surface area contributed by atoms with Gasteiger partial charge in [0.2, 0.25) is 0 Å². The largest absolute Gasteiger partial charge is 2.00 e. The van der Waals surface area contributed by atoms with Gasteiger partial charge in [0.1, 0.15) is 0 Å². The van der Waals surface area contributed by atoms with E-state index in [1.165, 1.54) is 0 Å². The van der Waals surface area contributed by atoms with Crippen LogP contribution in [0, 0.1) is 11.3 Å². The first kappa shape index (κ1) is 13.7. The minimum atomic E-state index is -4.35. The normalized spacial score (nSPS) is 9.70. The summed E-state index contributed by atoms with van der Waals surface area (Å²) in [5, 5.41) is 7.88. The first-order valence-electron chi connectivity index (χ1n) is 2.13. The third-order valence-corrected chi connectivity index (χ3v) is 0.992. The Morgan fingerprint density at radius 1 is 1.60 bits per heavy atom. The van der Waals surface area contributed by atoms with Gasteiger partial charge in [-0.15, -0.1) is 0 Å². The summed E-state index contributed by atoms with van der Waals surface area (Å²) in [4.78, 5) is 16.0. The fraction of sp³-hybridized carbons (Fsp3) is 0.667. The molecule has 0 aromatic heterocycles. The second kappa shape index (κ2) is 6.86. The Hall–Kier alpha value is 1.17. The predicted octanol–water partition coefficient (Wildman–Crippen LogP) is -0.371. The molecule has 0 saturated heterocycles. The van der Waals surface area contributed by atoms with Gasteiger partial charge in [0.05, 0.1) is 19.1 Å². The van der Waals surface area contributed by atoms with E-state index in [9.17, 15) is 4.57 Å². The summed E-state index contributed by atoms with van der Waals surface area (Å²) in [7, 11) is -4.35. The Morgan fingerprint density at radius 3 is 2.40 bits per heavy atom. The van der Waals surface area contributed by atoms with E-state index < -0.39 is 7.82 Å². The third-order valence-electron chi connectivity index (χ3n) is 0.473. The van der Waals surface area contributed by atoms with Crippen LogP contribution in [-0.4, -0.2) is 65.3 Å². The van der Waals surface area contributed by atoms with Crippen molar-refractivity contribution in [2.24, 2.45) is 0 Å². The van der Waals surface area contributed by atoms with E-state index in [0.29, 0.717) is 0 Å². The number of nitrogens with zero attached hydrogens (tertiary/aromatic N) is 1. The summed E-state index contributed by atoms with van der Waals surface area (Å²) in [5.41, 5.74) is 0. The maximum Gasteiger partial charge on any atom is 2.00 e. The van der Waals surface area contributed by atoms with E-state index in [1.807, 2.05) is 0 Å². The van der Waals surface area contributed by atoms with Crippen molar-refractivity contribution < 1.29 is 18.9 Å². The van der Waals surface area contributed by atoms with Crippen molar-refractivity contribution in [1.82, 2.24) is 0 Å². The topological polar surface area (TPSA) is 90.5 Å². The standard InChI is InChI=1S/C3H6NO4P.Ba/c4-2-1-3-8-9(5,6)7;/h1,3H2,(H2,5,6,7);/q;+2. The van der Waals surface area contributed by atoms with Gasteiger partial charge >= 0.3 is 56.7 Å². The summed E-state index contributed by atoms with van der Waals surface area (Å²) in [6.45, 7) is -0.221. The molecular formula is C3H6BaNO4P+2. The van der Waals surface area contributed by atoms with Crippen LogP contribution in [0.3, 0.4) is 0 Å². The van der Waals surface area contributed by atoms with Gasteiger partial charge in [-0.1, -0.05) is 0 Å². The monoisotopic (exact) mass is 289 g/mol. The Morgan fingerprint density at radius 2 is 2.10 bits per heavy atom. The summed E-state index contributed by atoms with van der Waals surface area (Å²) in [5.74, 6) is 0. The Labute approximate surface area is 98.7 Å². The van der Waals surface area contributed by atoms with Gasteiger partial charge in [-0.2, -0.15) is 5.26 Å². The van der Waals surface area contributed by atoms with Gasteiger partial charge in [0.15, 0.2) is 0 Å². The quantitative estimate of drug-likeness (QED) is 0.420. The number of rotatable bonds is 3. The zero-order valence-electron chi connectivity index (χ0n) is 5.23. The molecule has 10 heavy (non-hydrogen) atoms. The molecule has 0 amide bonds. The van der Waals surface area contributed by atoms with Crippen LogP contribution in [0.4, 0.5) is 0 Å². The molecule has 7 heteroatoms. The molecule has 0 unspecified atom stereocenters. The van der Waals surface area contributed by atoms with Crippen molar-refractivity contribution in [1.29, 1.82) is 5.26 Å². The predicted molar refractivity (Wildman–Crippen MR) is 34.0 cm³/mol. The zero-order valence-corrected chi connectivity index (χ0v) is 10.6. The number of phosphoric ester groups is 1. The van der Waals surface area contributed by atoms with Crippen molar-refractivity contribution >= 4 is 56.7 Å². The minimum Gasteiger partial charge on any atom is -0.303 e. The van der Waals surface area contributed by atoms with Crippen molar-refractivity contribution in [3.05, 3.63) is 0 Å². The number of hydrogen-bond donors (Lipinski definition) is 2. The van der Waals surface area contributed by atoms with Crippen LogP contribution in [-0.2, 0) is 9.09 Å². The van der Waals surface area contributed by atoms with Crippen molar-refractivity contribution in [2.75, 3.05) is 6.61 Å². The molecule has 5 nitrogen and oxygen atoms in total. The van der Waals surface area contributed by atoms with Crippen LogP contribution in [0.15, 0.2) is 0 Å². The summed E-state index contributed by atoms with van der Waals surface area (Å²) in [6.07, 6.45) is -0.00882. The van der Waals surface area contributed by atoms with E-state index in [4.69, 9.17) is 15.0 Å². The fourth-order valence-electron chi connectivity index (χ4n) is 0.210. The molecule has 0 aliphatic heterocycles. The van der Waals surface area contributed by atoms with Crippen LogP contribution in [0.25, 0.3) is 0 Å². The third kappa shape index (κ3) is 11.9. The van der Waals surface area contributed by atoms with Gasteiger partial charge in [0.25, 0.3) is 0 Å². The van der Waals surface area contributed by atoms with Crippen molar-refractivity contribution in [2.45, 2.75) is 6.42 Å². The molecule has 52 valence electrons. The second-order valence-corrected chi connectivity index (χ2v) is 2.47. The zero-order chi connectivity index (χ0) is 7.33. The van der Waals surface area contributed by atoms with E-state index in [1.54, 1.807) is 6.07 Å². The SMILES string of the molecule is N#CCCOP(=O)(O)O.[Ba+2]. The number of hydrogen-bond acceptors (Lipinski definition) is 3. The molecule has 0 bridgehead atoms. The number of phosphoric acid groups is 1. The summed E-state index contributed by atoms with van der Waals surface area (Å²) < 4.78 is 13.8. The minimum absolute atomic E-state index is 0. The Bertz CT molecular complexity index is 160. The smallest absolute Gasteiger partial charge is 0.303 e. The van der Waals surface area contributed by atoms with Crippen LogP contribution in [0.2, 0.25) is 0 Å². The Kier molecular flexibility index (Phi) is 9.42. The molecule has 2 N–H and O–H groups in total. The van der Waals surface area contributed by atoms with Gasteiger partial charge < -0.3 is 9.79 Å². The molecule has 0 saturated carbocycles. The van der Waals surface area contributed by atoms with Crippen LogP contribution in [0.5, 0.6) is 0 Å². The van der Waals surface area contributed by atoms with Gasteiger partial charge in [0, 0.05) is 0 Å². The van der Waals surface area contributed by atoms with Crippen LogP contribution >= 0.6 is 7.82 Å². The van der Waals surface area contributed by atoms with Gasteiger partial charge in [-0.3, -0.25) is 4.52 Å². The molecule has 0 fully saturated rings. The van der Waals surface area contributed by atoms with E-state index in [2.05, 4.69) is 4.52 Å². The second-order valence-electron chi connectivity index (χ2n) is 1.23. The average Bonchev–Trinajstić information content (AvgIpc) is 1.63. The van der Waals surface area contributed by atoms with Crippen LogP contribution in [0.1, 0.15) is 6.42 Å². The first-order valence-corrected chi connectivity index (χ1v) is 3.66. The molecule has 0 atom stereocenters. The maximum atomic E-state index is 9.87. The molecule has 0 aliphatic carbocycles. The van der Waals surface area contributed by atoms with Crippen LogP contribution < -0.4 is 0 Å². The fourth-order valence-corrected chi connectivity index (χ4v) is 0.539. The Balaban J connectivity index is 0. The van der Waals surface area contributed by atoms with Gasteiger partial charge in [-0.25, -0.2) is 4.57 Å². The maximum absolute atomic E-state index is 9.87. The summed E-state index contributed by atoms with van der Waals surface area (Å²) in [6, 6.07) is 1.67. The first-order chi connectivity index (χ1) is 4.06. The molecule has 0 aliphatic rings. The molecular weight excluding hydrogens is 282 g/mol. The van der Waals surface area contributed by atoms with Crippen molar-refractivity contribution in [3.8, 4) is 6.07 Å². The average molecular weight is 288 g/mol. The molecule has 0 spiro atoms. The van der Waals surface area contributed by atoms with Crippen molar-refractivity contribution in [3.63, 3.8) is 0 Å². The van der Waals surface area contributed by atoms with E-state index in [-0.39, 0.29) is 61.9 Å². The molecule has 0 aromatic carbocycles. The molecule has 0 radical (unpaired) electrons. The number of nitriles is 1. The van der Waals surface area contributed by atoms with E-state index >= 15 is 0 Å². The van der Waals surface area contributed by atoms with E-state index in [0.717, 1.165) is 0 Å². The molecule has 0 heterocycles. The molecule has 0 rings (SSSR count). The summed E-state index contributed by atoms with van der Waals surface area (Å²) >= 11 is 0. The van der Waals surface area contributed by atoms with Gasteiger partial charge in [-0.05, 0) is 0 Å².